The molecule has 0 saturated carbocycles. The fourth-order valence-corrected chi connectivity index (χ4v) is 5.35. The number of carboxylic acids is 1. The molecule has 36 heavy (non-hydrogen) atoms. The first-order valence-electron chi connectivity index (χ1n) is 11.2. The van der Waals surface area contributed by atoms with Gasteiger partial charge in [0.05, 0.1) is 5.69 Å². The van der Waals surface area contributed by atoms with Crippen LogP contribution in [-0.2, 0) is 14.8 Å². The molecule has 4 rings (SSSR count). The summed E-state index contributed by atoms with van der Waals surface area (Å²) >= 11 is 0. The van der Waals surface area contributed by atoms with Gasteiger partial charge in [0.2, 0.25) is 0 Å². The molecule has 1 fully saturated rings. The predicted molar refractivity (Wildman–Crippen MR) is 134 cm³/mol. The molecule has 0 radical (unpaired) electrons. The Kier molecular flexibility index (Phi) is 7.51. The monoisotopic (exact) mass is 512 g/mol. The van der Waals surface area contributed by atoms with Gasteiger partial charge in [-0.05, 0) is 60.7 Å². The molecule has 3 aromatic rings. The Hall–Kier alpha value is -3.96. The van der Waals surface area contributed by atoms with Crippen LogP contribution in [-0.4, -0.2) is 58.1 Å². The van der Waals surface area contributed by atoms with E-state index in [4.69, 9.17) is 0 Å². The lowest BCUT2D eigenvalue weighted by Crippen LogP contribution is -2.43. The highest BCUT2D eigenvalue weighted by molar-refractivity contribution is 7.92. The van der Waals surface area contributed by atoms with Crippen LogP contribution >= 0.6 is 0 Å². The van der Waals surface area contributed by atoms with E-state index in [0.29, 0.717) is 15.6 Å². The van der Waals surface area contributed by atoms with E-state index in [1.165, 1.54) is 36.4 Å². The number of amides is 1. The molecule has 1 aliphatic heterocycles. The van der Waals surface area contributed by atoms with E-state index < -0.39 is 33.3 Å². The Morgan fingerprint density at radius 2 is 1.61 bits per heavy atom. The third kappa shape index (κ3) is 5.64. The molecule has 11 heteroatoms. The number of carboxylic acid groups (broad SMARTS) is 1. The number of aliphatic carboxylic acids is 1. The minimum absolute atomic E-state index is 0.0130. The number of nitrogens with one attached hydrogen (secondary N) is 2. The average Bonchev–Trinajstić information content (AvgIpc) is 2.88. The number of halogens is 1. The van der Waals surface area contributed by atoms with Crippen LogP contribution in [0, 0.1) is 5.82 Å². The number of nitrogens with zero attached hydrogens (tertiary/aromatic N) is 2. The summed E-state index contributed by atoms with van der Waals surface area (Å²) in [5.41, 5.74) is 1.88. The Morgan fingerprint density at radius 1 is 0.972 bits per heavy atom. The molecular weight excluding hydrogens is 487 g/mol. The first-order chi connectivity index (χ1) is 17.3. The predicted octanol–water partition coefficient (Wildman–Crippen LogP) is 2.77. The maximum atomic E-state index is 14.2. The molecule has 1 amide bonds. The Bertz CT molecular complexity index is 1340. The van der Waals surface area contributed by atoms with Crippen LogP contribution in [0.3, 0.4) is 0 Å². The Labute approximate surface area is 208 Å². The lowest BCUT2D eigenvalue weighted by Gasteiger charge is -2.29. The molecule has 9 nitrogen and oxygen atoms in total. The summed E-state index contributed by atoms with van der Waals surface area (Å²) in [6.07, 6.45) is 0. The fourth-order valence-electron chi connectivity index (χ4n) is 3.87. The molecule has 0 aliphatic carbocycles. The highest BCUT2D eigenvalue weighted by Crippen LogP contribution is 2.27. The highest BCUT2D eigenvalue weighted by Gasteiger charge is 2.29. The lowest BCUT2D eigenvalue weighted by atomic mass is 10.1. The quantitative estimate of drug-likeness (QED) is 0.425. The third-order valence-corrected chi connectivity index (χ3v) is 7.52. The first kappa shape index (κ1) is 25.1. The van der Waals surface area contributed by atoms with Crippen molar-refractivity contribution >= 4 is 39.0 Å². The molecule has 0 unspecified atom stereocenters. The molecule has 1 saturated heterocycles. The second kappa shape index (κ2) is 10.8. The van der Waals surface area contributed by atoms with Crippen molar-refractivity contribution in [2.45, 2.75) is 4.90 Å². The number of benzene rings is 3. The van der Waals surface area contributed by atoms with Gasteiger partial charge in [-0.15, -0.1) is 0 Å². The van der Waals surface area contributed by atoms with Gasteiger partial charge in [0.25, 0.3) is 15.9 Å². The van der Waals surface area contributed by atoms with Crippen LogP contribution in [0.25, 0.3) is 0 Å². The maximum absolute atomic E-state index is 14.2. The molecule has 3 aromatic carbocycles. The number of sulfonamides is 1. The van der Waals surface area contributed by atoms with Crippen molar-refractivity contribution in [2.24, 2.45) is 0 Å². The van der Waals surface area contributed by atoms with Crippen LogP contribution < -0.4 is 19.8 Å². The van der Waals surface area contributed by atoms with Gasteiger partial charge in [-0.3, -0.25) is 13.9 Å². The van der Waals surface area contributed by atoms with Crippen LogP contribution in [0.5, 0.6) is 0 Å². The largest absolute Gasteiger partial charge is 0.480 e. The molecule has 0 aromatic heterocycles. The van der Waals surface area contributed by atoms with Gasteiger partial charge < -0.3 is 20.6 Å². The lowest BCUT2D eigenvalue weighted by molar-refractivity contribution is -0.135. The first-order valence-corrected chi connectivity index (χ1v) is 12.7. The average molecular weight is 513 g/mol. The van der Waals surface area contributed by atoms with Crippen LogP contribution in [0.1, 0.15) is 10.4 Å². The van der Waals surface area contributed by atoms with Gasteiger partial charge in [0.1, 0.15) is 17.3 Å². The Balaban J connectivity index is 1.50. The van der Waals surface area contributed by atoms with Crippen LogP contribution in [0.4, 0.5) is 21.5 Å². The third-order valence-electron chi connectivity index (χ3n) is 5.71. The number of hydrogen-bond donors (Lipinski definition) is 3. The summed E-state index contributed by atoms with van der Waals surface area (Å²) in [7, 11) is -4.49. The van der Waals surface area contributed by atoms with E-state index >= 15 is 0 Å². The summed E-state index contributed by atoms with van der Waals surface area (Å²) in [6, 6.07) is 17.6. The fraction of sp³-hybridized carbons (Fsp3) is 0.200. The van der Waals surface area contributed by atoms with E-state index in [1.807, 2.05) is 12.1 Å². The van der Waals surface area contributed by atoms with E-state index in [2.05, 4.69) is 15.5 Å². The summed E-state index contributed by atoms with van der Waals surface area (Å²) in [4.78, 5) is 25.7. The number of carbonyl (C=O) groups excluding carboxylic acids is 1. The van der Waals surface area contributed by atoms with E-state index in [1.54, 1.807) is 12.1 Å². The minimum Gasteiger partial charge on any atom is -0.480 e. The van der Waals surface area contributed by atoms with Gasteiger partial charge in [-0.2, -0.15) is 0 Å². The zero-order valence-electron chi connectivity index (χ0n) is 19.2. The molecular formula is C25H25FN4O5S. The van der Waals surface area contributed by atoms with Crippen LogP contribution in [0.15, 0.2) is 77.7 Å². The normalized spacial score (nSPS) is 13.8. The van der Waals surface area contributed by atoms with Crippen molar-refractivity contribution in [1.82, 2.24) is 5.32 Å². The second-order valence-electron chi connectivity index (χ2n) is 8.12. The van der Waals surface area contributed by atoms with Crippen molar-refractivity contribution in [3.63, 3.8) is 0 Å². The van der Waals surface area contributed by atoms with Crippen LogP contribution in [0.2, 0.25) is 0 Å². The van der Waals surface area contributed by atoms with Crippen molar-refractivity contribution in [2.75, 3.05) is 47.2 Å². The molecule has 1 heterocycles. The van der Waals surface area contributed by atoms with Crippen molar-refractivity contribution in [3.05, 3.63) is 84.2 Å². The number of piperazine rings is 1. The number of hydrogen-bond acceptors (Lipinski definition) is 6. The second-order valence-corrected chi connectivity index (χ2v) is 9.95. The molecule has 0 bridgehead atoms. The molecule has 3 N–H and O–H groups in total. The van der Waals surface area contributed by atoms with Gasteiger partial charge in [0, 0.05) is 43.1 Å². The topological polar surface area (TPSA) is 119 Å². The zero-order valence-corrected chi connectivity index (χ0v) is 20.0. The van der Waals surface area contributed by atoms with E-state index in [0.717, 1.165) is 44.0 Å². The van der Waals surface area contributed by atoms with Crippen molar-refractivity contribution < 1.29 is 27.5 Å². The van der Waals surface area contributed by atoms with E-state index in [-0.39, 0.29) is 11.6 Å². The molecule has 0 spiro atoms. The van der Waals surface area contributed by atoms with Crippen molar-refractivity contribution in [3.8, 4) is 0 Å². The SMILES string of the molecule is O=C(O)CN(c1ccc(NC(=O)c2ccc(N3CCNCC3)cc2)cc1)S(=O)(=O)c1ccccc1F. The maximum Gasteiger partial charge on any atom is 0.324 e. The summed E-state index contributed by atoms with van der Waals surface area (Å²) in [5.74, 6) is -2.74. The smallest absolute Gasteiger partial charge is 0.324 e. The number of carbonyl (C=O) groups is 2. The van der Waals surface area contributed by atoms with Gasteiger partial charge in [-0.1, -0.05) is 12.1 Å². The number of anilines is 3. The number of rotatable bonds is 8. The summed E-state index contributed by atoms with van der Waals surface area (Å²) in [6.45, 7) is 2.70. The standard InChI is InChI=1S/C25H25FN4O5S/c26-22-3-1-2-4-23(22)36(34,35)30(17-24(31)32)21-11-7-19(8-12-21)28-25(33)18-5-9-20(10-6-18)29-15-13-27-14-16-29/h1-12,27H,13-17H2,(H,28,33)(H,31,32). The Morgan fingerprint density at radius 3 is 2.22 bits per heavy atom. The summed E-state index contributed by atoms with van der Waals surface area (Å²) in [5, 5.41) is 15.3. The van der Waals surface area contributed by atoms with Gasteiger partial charge in [0.15, 0.2) is 0 Å². The molecule has 0 atom stereocenters. The summed E-state index contributed by atoms with van der Waals surface area (Å²) < 4.78 is 40.8. The highest BCUT2D eigenvalue weighted by atomic mass is 32.2. The van der Waals surface area contributed by atoms with Gasteiger partial charge in [-0.25, -0.2) is 12.8 Å². The molecule has 1 aliphatic rings. The minimum atomic E-state index is -4.49. The zero-order chi connectivity index (χ0) is 25.7. The van der Waals surface area contributed by atoms with Gasteiger partial charge >= 0.3 is 5.97 Å². The molecule has 188 valence electrons. The van der Waals surface area contributed by atoms with Crippen molar-refractivity contribution in [1.29, 1.82) is 0 Å². The van der Waals surface area contributed by atoms with E-state index in [9.17, 15) is 27.5 Å².